The van der Waals surface area contributed by atoms with Gasteiger partial charge in [-0.2, -0.15) is 0 Å². The van der Waals surface area contributed by atoms with Crippen molar-refractivity contribution in [1.29, 1.82) is 0 Å². The molecule has 0 spiro atoms. The number of aliphatic carboxylic acids is 1. The van der Waals surface area contributed by atoms with E-state index in [4.69, 9.17) is 14.6 Å². The van der Waals surface area contributed by atoms with E-state index >= 15 is 0 Å². The van der Waals surface area contributed by atoms with Crippen LogP contribution in [0.3, 0.4) is 0 Å². The molecule has 0 radical (unpaired) electrons. The van der Waals surface area contributed by atoms with Gasteiger partial charge in [-0.1, -0.05) is 85.8 Å². The third-order valence-electron chi connectivity index (χ3n) is 6.87. The van der Waals surface area contributed by atoms with Crippen molar-refractivity contribution in [3.05, 3.63) is 95.6 Å². The molecule has 1 aliphatic carbocycles. The average Bonchev–Trinajstić information content (AvgIpc) is 3.26. The van der Waals surface area contributed by atoms with Crippen LogP contribution in [0.25, 0.3) is 11.1 Å². The first-order valence-electron chi connectivity index (χ1n) is 13.1. The molecule has 1 aliphatic rings. The van der Waals surface area contributed by atoms with Crippen LogP contribution in [0.2, 0.25) is 0 Å². The number of carbonyl (C=O) groups excluding carboxylic acids is 2. The van der Waals surface area contributed by atoms with Crippen LogP contribution in [0.1, 0.15) is 42.9 Å². The molecule has 2 amide bonds. The standard InChI is InChI=1S/C31H34N2O6/c1-20(16-28(34)35)17-32-30(36)29(21(2)38-18-22-10-4-3-5-11-22)33-31(37)39-19-27-25-14-8-6-12-23(25)24-13-7-9-15-26(24)27/h3-15,20-21,27,29H,16-19H2,1-2H3,(H,32,36)(H,33,37)(H,34,35)/t20?,21-,29+/m0/s1. The number of ether oxygens (including phenoxy) is 2. The van der Waals surface area contributed by atoms with E-state index in [1.165, 1.54) is 0 Å². The SMILES string of the molecule is CC(CNC(=O)[C@H](NC(=O)OCC1c2ccccc2-c2ccccc21)[C@H](C)OCc1ccccc1)CC(=O)O. The van der Waals surface area contributed by atoms with Crippen LogP contribution in [-0.2, 0) is 25.7 Å². The van der Waals surface area contributed by atoms with E-state index < -0.39 is 30.1 Å². The summed E-state index contributed by atoms with van der Waals surface area (Å²) < 4.78 is 11.6. The minimum absolute atomic E-state index is 0.0786. The molecule has 8 heteroatoms. The fraction of sp³-hybridized carbons (Fsp3) is 0.323. The van der Waals surface area contributed by atoms with Gasteiger partial charge >= 0.3 is 12.1 Å². The largest absolute Gasteiger partial charge is 0.481 e. The molecule has 3 aromatic rings. The molecule has 0 heterocycles. The van der Waals surface area contributed by atoms with Gasteiger partial charge in [0.2, 0.25) is 5.91 Å². The Bertz CT molecular complexity index is 1250. The molecule has 3 N–H and O–H groups in total. The highest BCUT2D eigenvalue weighted by Gasteiger charge is 2.31. The molecule has 0 bridgehead atoms. The monoisotopic (exact) mass is 530 g/mol. The number of rotatable bonds is 12. The van der Waals surface area contributed by atoms with Crippen molar-refractivity contribution in [2.45, 2.75) is 44.9 Å². The molecule has 1 unspecified atom stereocenters. The van der Waals surface area contributed by atoms with E-state index in [1.807, 2.05) is 66.7 Å². The molecule has 39 heavy (non-hydrogen) atoms. The summed E-state index contributed by atoms with van der Waals surface area (Å²) in [6.45, 7) is 3.96. The first-order valence-corrected chi connectivity index (χ1v) is 13.1. The van der Waals surface area contributed by atoms with Crippen LogP contribution >= 0.6 is 0 Å². The molecule has 4 rings (SSSR count). The zero-order valence-electron chi connectivity index (χ0n) is 22.1. The minimum Gasteiger partial charge on any atom is -0.481 e. The Hall–Kier alpha value is -4.17. The zero-order chi connectivity index (χ0) is 27.8. The van der Waals surface area contributed by atoms with Gasteiger partial charge in [-0.3, -0.25) is 9.59 Å². The van der Waals surface area contributed by atoms with E-state index in [9.17, 15) is 14.4 Å². The lowest BCUT2D eigenvalue weighted by Gasteiger charge is -2.25. The average molecular weight is 531 g/mol. The van der Waals surface area contributed by atoms with Crippen LogP contribution in [-0.4, -0.2) is 48.4 Å². The third-order valence-corrected chi connectivity index (χ3v) is 6.87. The number of carbonyl (C=O) groups is 3. The summed E-state index contributed by atoms with van der Waals surface area (Å²) in [5, 5.41) is 14.4. The molecule has 3 atom stereocenters. The van der Waals surface area contributed by atoms with E-state index in [0.29, 0.717) is 0 Å². The van der Waals surface area contributed by atoms with Gasteiger partial charge in [0.25, 0.3) is 0 Å². The van der Waals surface area contributed by atoms with Crippen molar-refractivity contribution in [3.63, 3.8) is 0 Å². The maximum atomic E-state index is 13.1. The van der Waals surface area contributed by atoms with Crippen LogP contribution < -0.4 is 10.6 Å². The zero-order valence-corrected chi connectivity index (χ0v) is 22.1. The molecule has 0 fully saturated rings. The maximum Gasteiger partial charge on any atom is 0.407 e. The minimum atomic E-state index is -1.04. The smallest absolute Gasteiger partial charge is 0.407 e. The molecule has 0 aromatic heterocycles. The van der Waals surface area contributed by atoms with Gasteiger partial charge < -0.3 is 25.2 Å². The number of carboxylic acids is 1. The highest BCUT2D eigenvalue weighted by molar-refractivity contribution is 5.86. The molecular weight excluding hydrogens is 496 g/mol. The Kier molecular flexibility index (Phi) is 9.33. The molecule has 3 aromatic carbocycles. The van der Waals surface area contributed by atoms with Crippen molar-refractivity contribution >= 4 is 18.0 Å². The molecule has 0 saturated carbocycles. The maximum absolute atomic E-state index is 13.1. The number of fused-ring (bicyclic) bond motifs is 3. The third kappa shape index (κ3) is 7.23. The number of carboxylic acid groups (broad SMARTS) is 1. The Balaban J connectivity index is 1.41. The second kappa shape index (κ2) is 13.1. The first kappa shape index (κ1) is 27.9. The summed E-state index contributed by atoms with van der Waals surface area (Å²) in [7, 11) is 0. The Morgan fingerprint density at radius 2 is 1.46 bits per heavy atom. The van der Waals surface area contributed by atoms with Gasteiger partial charge in [-0.25, -0.2) is 4.79 Å². The summed E-state index contributed by atoms with van der Waals surface area (Å²) in [6.07, 6.45) is -1.49. The molecule has 0 aliphatic heterocycles. The highest BCUT2D eigenvalue weighted by atomic mass is 16.5. The van der Waals surface area contributed by atoms with E-state index in [2.05, 4.69) is 22.8 Å². The number of amides is 2. The van der Waals surface area contributed by atoms with Crippen molar-refractivity contribution in [2.24, 2.45) is 5.92 Å². The van der Waals surface area contributed by atoms with Crippen LogP contribution in [0.15, 0.2) is 78.9 Å². The van der Waals surface area contributed by atoms with Gasteiger partial charge in [0.05, 0.1) is 12.7 Å². The summed E-state index contributed by atoms with van der Waals surface area (Å²) in [5.74, 6) is -1.80. The first-order chi connectivity index (χ1) is 18.8. The van der Waals surface area contributed by atoms with Gasteiger partial charge in [0.1, 0.15) is 12.6 Å². The predicted molar refractivity (Wildman–Crippen MR) is 147 cm³/mol. The van der Waals surface area contributed by atoms with Crippen molar-refractivity contribution in [3.8, 4) is 11.1 Å². The Morgan fingerprint density at radius 1 is 0.872 bits per heavy atom. The summed E-state index contributed by atoms with van der Waals surface area (Å²) in [5.41, 5.74) is 5.36. The molecular formula is C31H34N2O6. The van der Waals surface area contributed by atoms with Crippen LogP contribution in [0.5, 0.6) is 0 Å². The summed E-state index contributed by atoms with van der Waals surface area (Å²) in [6, 6.07) is 24.6. The number of benzene rings is 3. The number of hydrogen-bond donors (Lipinski definition) is 3. The Labute approximate surface area is 228 Å². The van der Waals surface area contributed by atoms with Crippen molar-refractivity contribution < 1.29 is 29.0 Å². The van der Waals surface area contributed by atoms with Gasteiger partial charge in [0.15, 0.2) is 0 Å². The lowest BCUT2D eigenvalue weighted by Crippen LogP contribution is -2.54. The fourth-order valence-corrected chi connectivity index (χ4v) is 4.82. The van der Waals surface area contributed by atoms with Crippen molar-refractivity contribution in [2.75, 3.05) is 13.2 Å². The molecule has 0 saturated heterocycles. The number of nitrogens with one attached hydrogen (secondary N) is 2. The Morgan fingerprint density at radius 3 is 2.08 bits per heavy atom. The van der Waals surface area contributed by atoms with Gasteiger partial charge in [0, 0.05) is 18.9 Å². The summed E-state index contributed by atoms with van der Waals surface area (Å²) in [4.78, 5) is 37.0. The van der Waals surface area contributed by atoms with Crippen LogP contribution in [0.4, 0.5) is 4.79 Å². The van der Waals surface area contributed by atoms with Crippen LogP contribution in [0, 0.1) is 5.92 Å². The molecule has 204 valence electrons. The molecule has 8 nitrogen and oxygen atoms in total. The van der Waals surface area contributed by atoms with Gasteiger partial charge in [-0.15, -0.1) is 0 Å². The predicted octanol–water partition coefficient (Wildman–Crippen LogP) is 4.73. The van der Waals surface area contributed by atoms with Gasteiger partial charge in [-0.05, 0) is 40.7 Å². The second-order valence-corrected chi connectivity index (χ2v) is 9.90. The second-order valence-electron chi connectivity index (χ2n) is 9.90. The normalized spacial score (nSPS) is 14.4. The van der Waals surface area contributed by atoms with E-state index in [1.54, 1.807) is 13.8 Å². The number of alkyl carbamates (subject to hydrolysis) is 1. The topological polar surface area (TPSA) is 114 Å². The summed E-state index contributed by atoms with van der Waals surface area (Å²) >= 11 is 0. The number of hydrogen-bond acceptors (Lipinski definition) is 5. The lowest BCUT2D eigenvalue weighted by atomic mass is 9.98. The highest BCUT2D eigenvalue weighted by Crippen LogP contribution is 2.44. The van der Waals surface area contributed by atoms with E-state index in [-0.39, 0.29) is 38.0 Å². The lowest BCUT2D eigenvalue weighted by molar-refractivity contribution is -0.138. The van der Waals surface area contributed by atoms with Crippen molar-refractivity contribution in [1.82, 2.24) is 10.6 Å². The quantitative estimate of drug-likeness (QED) is 0.312. The fourth-order valence-electron chi connectivity index (χ4n) is 4.82. The van der Waals surface area contributed by atoms with E-state index in [0.717, 1.165) is 27.8 Å².